The Hall–Kier alpha value is -2.58. The third kappa shape index (κ3) is 6.21. The lowest BCUT2D eigenvalue weighted by Gasteiger charge is -2.27. The van der Waals surface area contributed by atoms with E-state index in [9.17, 15) is 15.3 Å². The fraction of sp³-hybridized carbons (Fsp3) is 0.391. The summed E-state index contributed by atoms with van der Waals surface area (Å²) in [5.41, 5.74) is 1.07. The van der Waals surface area contributed by atoms with Gasteiger partial charge in [0.2, 0.25) is 0 Å². The molecule has 3 N–H and O–H groups in total. The molecule has 30 heavy (non-hydrogen) atoms. The van der Waals surface area contributed by atoms with Crippen LogP contribution in [-0.2, 0) is 6.54 Å². The van der Waals surface area contributed by atoms with Gasteiger partial charge in [0, 0.05) is 37.9 Å². The Kier molecular flexibility index (Phi) is 8.10. The predicted molar refractivity (Wildman–Crippen MR) is 116 cm³/mol. The molecule has 0 amide bonds. The number of rotatable bonds is 12. The van der Waals surface area contributed by atoms with Gasteiger partial charge in [0.05, 0.1) is 19.8 Å². The van der Waals surface area contributed by atoms with Gasteiger partial charge in [-0.2, -0.15) is 0 Å². The topological polar surface area (TPSA) is 87.3 Å². The van der Waals surface area contributed by atoms with Gasteiger partial charge in [-0.15, -0.1) is 0 Å². The zero-order chi connectivity index (χ0) is 21.3. The molecule has 2 aromatic carbocycles. The number of nitrogens with zero attached hydrogens (tertiary/aromatic N) is 2. The first kappa shape index (κ1) is 22.1. The van der Waals surface area contributed by atoms with Crippen molar-refractivity contribution in [3.8, 4) is 11.5 Å². The van der Waals surface area contributed by atoms with Crippen molar-refractivity contribution < 1.29 is 24.8 Å². The third-order valence-corrected chi connectivity index (χ3v) is 4.94. The summed E-state index contributed by atoms with van der Waals surface area (Å²) in [5.74, 6) is 1.38. The SMILES string of the molecule is COc1ccc(OC[C@H](O)CN(CCO)C[C@@H](O)Cn2ccc3ccccc32)cc1. The van der Waals surface area contributed by atoms with E-state index < -0.39 is 12.2 Å². The van der Waals surface area contributed by atoms with Crippen molar-refractivity contribution in [1.82, 2.24) is 9.47 Å². The summed E-state index contributed by atoms with van der Waals surface area (Å²) in [7, 11) is 1.60. The first-order valence-electron chi connectivity index (χ1n) is 10.1. The van der Waals surface area contributed by atoms with Crippen LogP contribution in [0.4, 0.5) is 0 Å². The number of hydrogen-bond donors (Lipinski definition) is 3. The lowest BCUT2D eigenvalue weighted by molar-refractivity contribution is 0.0351. The highest BCUT2D eigenvalue weighted by Gasteiger charge is 2.17. The van der Waals surface area contributed by atoms with Crippen molar-refractivity contribution >= 4 is 10.9 Å². The van der Waals surface area contributed by atoms with Crippen molar-refractivity contribution in [1.29, 1.82) is 0 Å². The minimum Gasteiger partial charge on any atom is -0.497 e. The summed E-state index contributed by atoms with van der Waals surface area (Å²) in [6.45, 7) is 1.50. The van der Waals surface area contributed by atoms with E-state index >= 15 is 0 Å². The van der Waals surface area contributed by atoms with Gasteiger partial charge < -0.3 is 29.4 Å². The monoisotopic (exact) mass is 414 g/mol. The molecule has 3 rings (SSSR count). The summed E-state index contributed by atoms with van der Waals surface area (Å²) in [5, 5.41) is 31.4. The second kappa shape index (κ2) is 11.0. The number of hydrogen-bond acceptors (Lipinski definition) is 6. The molecule has 0 saturated carbocycles. The average molecular weight is 415 g/mol. The van der Waals surface area contributed by atoms with E-state index in [-0.39, 0.29) is 13.2 Å². The largest absolute Gasteiger partial charge is 0.497 e. The fourth-order valence-corrected chi connectivity index (χ4v) is 3.50. The average Bonchev–Trinajstić information content (AvgIpc) is 3.15. The van der Waals surface area contributed by atoms with Gasteiger partial charge in [-0.05, 0) is 41.8 Å². The quantitative estimate of drug-likeness (QED) is 0.419. The molecular weight excluding hydrogens is 384 g/mol. The number of aromatic nitrogens is 1. The molecule has 0 radical (unpaired) electrons. The maximum atomic E-state index is 10.6. The van der Waals surface area contributed by atoms with Crippen LogP contribution < -0.4 is 9.47 Å². The van der Waals surface area contributed by atoms with Crippen molar-refractivity contribution in [2.75, 3.05) is 40.0 Å². The zero-order valence-corrected chi connectivity index (χ0v) is 17.2. The maximum absolute atomic E-state index is 10.6. The van der Waals surface area contributed by atoms with Crippen LogP contribution in [0.5, 0.6) is 11.5 Å². The summed E-state index contributed by atoms with van der Waals surface area (Å²) in [6, 6.07) is 17.2. The molecule has 7 nitrogen and oxygen atoms in total. The number of methoxy groups -OCH3 is 1. The minimum atomic E-state index is -0.752. The van der Waals surface area contributed by atoms with Crippen LogP contribution in [-0.4, -0.2) is 77.0 Å². The zero-order valence-electron chi connectivity index (χ0n) is 17.2. The Morgan fingerprint density at radius 2 is 1.63 bits per heavy atom. The Balaban J connectivity index is 1.50. The van der Waals surface area contributed by atoms with E-state index in [0.29, 0.717) is 31.9 Å². The van der Waals surface area contributed by atoms with E-state index in [0.717, 1.165) is 16.7 Å². The molecule has 0 aliphatic carbocycles. The number of ether oxygens (including phenoxy) is 2. The maximum Gasteiger partial charge on any atom is 0.119 e. The number of aliphatic hydroxyl groups excluding tert-OH is 3. The van der Waals surface area contributed by atoms with Gasteiger partial charge in [-0.3, -0.25) is 4.90 Å². The van der Waals surface area contributed by atoms with Crippen LogP contribution in [0, 0.1) is 0 Å². The Morgan fingerprint density at radius 3 is 2.37 bits per heavy atom. The van der Waals surface area contributed by atoms with E-state index in [4.69, 9.17) is 9.47 Å². The van der Waals surface area contributed by atoms with Crippen molar-refractivity contribution in [2.45, 2.75) is 18.8 Å². The van der Waals surface area contributed by atoms with Crippen LogP contribution in [0.1, 0.15) is 0 Å². The van der Waals surface area contributed by atoms with Crippen molar-refractivity contribution in [3.63, 3.8) is 0 Å². The third-order valence-electron chi connectivity index (χ3n) is 4.94. The summed E-state index contributed by atoms with van der Waals surface area (Å²) < 4.78 is 12.7. The van der Waals surface area contributed by atoms with Crippen LogP contribution in [0.25, 0.3) is 10.9 Å². The molecule has 0 spiro atoms. The number of fused-ring (bicyclic) bond motifs is 1. The number of benzene rings is 2. The lowest BCUT2D eigenvalue weighted by atomic mass is 10.2. The van der Waals surface area contributed by atoms with E-state index in [1.54, 1.807) is 31.4 Å². The molecule has 0 bridgehead atoms. The van der Waals surface area contributed by atoms with Crippen LogP contribution in [0.2, 0.25) is 0 Å². The Labute approximate surface area is 176 Å². The molecule has 0 aliphatic rings. The molecule has 1 aromatic heterocycles. The summed E-state index contributed by atoms with van der Waals surface area (Å²) >= 11 is 0. The standard InChI is InChI=1S/C23H30N2O5/c1-29-21-6-8-22(9-7-21)30-17-20(28)15-24(12-13-26)14-19(27)16-25-11-10-18-4-2-3-5-23(18)25/h2-11,19-20,26-28H,12-17H2,1H3/t19-,20-/m1/s1. The predicted octanol–water partition coefficient (Wildman–Crippen LogP) is 1.74. The normalized spacial score (nSPS) is 13.5. The first-order chi connectivity index (χ1) is 14.6. The number of aliphatic hydroxyl groups is 3. The molecule has 0 aliphatic heterocycles. The highest BCUT2D eigenvalue weighted by Crippen LogP contribution is 2.18. The first-order valence-corrected chi connectivity index (χ1v) is 10.1. The molecule has 7 heteroatoms. The Bertz CT molecular complexity index is 896. The van der Waals surface area contributed by atoms with Crippen LogP contribution >= 0.6 is 0 Å². The molecule has 3 aromatic rings. The molecule has 0 saturated heterocycles. The fourth-order valence-electron chi connectivity index (χ4n) is 3.50. The lowest BCUT2D eigenvalue weighted by Crippen LogP contribution is -2.42. The highest BCUT2D eigenvalue weighted by molar-refractivity contribution is 5.79. The van der Waals surface area contributed by atoms with Gasteiger partial charge >= 0.3 is 0 Å². The van der Waals surface area contributed by atoms with E-state index in [2.05, 4.69) is 0 Å². The van der Waals surface area contributed by atoms with Crippen molar-refractivity contribution in [2.24, 2.45) is 0 Å². The molecular formula is C23H30N2O5. The summed E-state index contributed by atoms with van der Waals surface area (Å²) in [4.78, 5) is 1.85. The Morgan fingerprint density at radius 1 is 0.933 bits per heavy atom. The molecule has 0 fully saturated rings. The molecule has 1 heterocycles. The van der Waals surface area contributed by atoms with Gasteiger partial charge in [0.25, 0.3) is 0 Å². The molecule has 2 atom stereocenters. The highest BCUT2D eigenvalue weighted by atomic mass is 16.5. The second-order valence-corrected chi connectivity index (χ2v) is 7.30. The summed E-state index contributed by atoms with van der Waals surface area (Å²) in [6.07, 6.45) is 0.572. The molecule has 162 valence electrons. The van der Waals surface area contributed by atoms with E-state index in [1.807, 2.05) is 46.0 Å². The second-order valence-electron chi connectivity index (χ2n) is 7.30. The minimum absolute atomic E-state index is 0.0504. The van der Waals surface area contributed by atoms with Gasteiger partial charge in [-0.25, -0.2) is 0 Å². The van der Waals surface area contributed by atoms with Gasteiger partial charge in [0.15, 0.2) is 0 Å². The molecule has 0 unspecified atom stereocenters. The van der Waals surface area contributed by atoms with Crippen molar-refractivity contribution in [3.05, 3.63) is 60.8 Å². The smallest absolute Gasteiger partial charge is 0.119 e. The van der Waals surface area contributed by atoms with E-state index in [1.165, 1.54) is 0 Å². The van der Waals surface area contributed by atoms with Crippen LogP contribution in [0.3, 0.4) is 0 Å². The number of para-hydroxylation sites is 1. The van der Waals surface area contributed by atoms with Crippen LogP contribution in [0.15, 0.2) is 60.8 Å². The van der Waals surface area contributed by atoms with Gasteiger partial charge in [-0.1, -0.05) is 18.2 Å². The van der Waals surface area contributed by atoms with Gasteiger partial charge in [0.1, 0.15) is 24.2 Å².